The number of thiophene rings is 1. The average Bonchev–Trinajstić information content (AvgIpc) is 2.83. The molecule has 0 aliphatic carbocycles. The lowest BCUT2D eigenvalue weighted by Gasteiger charge is -2.18. The molecule has 0 amide bonds. The number of aliphatic hydroxyl groups excluding tert-OH is 1. The van der Waals surface area contributed by atoms with Crippen molar-refractivity contribution in [3.63, 3.8) is 0 Å². The fourth-order valence-electron chi connectivity index (χ4n) is 1.93. The van der Waals surface area contributed by atoms with Gasteiger partial charge in [0.15, 0.2) is 5.82 Å². The van der Waals surface area contributed by atoms with Gasteiger partial charge in [-0.05, 0) is 18.6 Å². The first-order chi connectivity index (χ1) is 7.74. The molecule has 6 heteroatoms. The number of nitrogens with zero attached hydrogens (tertiary/aromatic N) is 3. The van der Waals surface area contributed by atoms with Crippen molar-refractivity contribution < 1.29 is 5.11 Å². The molecule has 3 rings (SSSR count). The highest BCUT2D eigenvalue weighted by molar-refractivity contribution is 7.19. The van der Waals surface area contributed by atoms with Crippen molar-refractivity contribution >= 4 is 22.9 Å². The smallest absolute Gasteiger partial charge is 0.174 e. The Morgan fingerprint density at radius 2 is 2.31 bits per heavy atom. The maximum Gasteiger partial charge on any atom is 0.174 e. The van der Waals surface area contributed by atoms with Crippen LogP contribution in [0.2, 0.25) is 4.34 Å². The maximum absolute atomic E-state index is 9.54. The highest BCUT2D eigenvalue weighted by Crippen LogP contribution is 2.31. The molecular weight excluding hydrogens is 246 g/mol. The highest BCUT2D eigenvalue weighted by atomic mass is 35.5. The molecular formula is C10H10ClN3OS. The van der Waals surface area contributed by atoms with Gasteiger partial charge in [-0.25, -0.2) is 0 Å². The molecule has 1 atom stereocenters. The maximum atomic E-state index is 9.54. The van der Waals surface area contributed by atoms with E-state index < -0.39 is 0 Å². The van der Waals surface area contributed by atoms with Crippen molar-refractivity contribution in [2.45, 2.75) is 25.5 Å². The molecule has 0 fully saturated rings. The molecule has 0 spiro atoms. The van der Waals surface area contributed by atoms with E-state index in [4.69, 9.17) is 11.6 Å². The lowest BCUT2D eigenvalue weighted by molar-refractivity contribution is 0.142. The SMILES string of the molecule is OC1CCn2c(nnc2-c2ccc(Cl)s2)C1. The Bertz CT molecular complexity index is 522. The van der Waals surface area contributed by atoms with Gasteiger partial charge in [0.25, 0.3) is 0 Å². The van der Waals surface area contributed by atoms with Crippen LogP contribution < -0.4 is 0 Å². The second kappa shape index (κ2) is 3.84. The molecule has 2 aromatic rings. The summed E-state index contributed by atoms with van der Waals surface area (Å²) in [6.45, 7) is 0.772. The molecule has 84 valence electrons. The molecule has 0 radical (unpaired) electrons. The number of fused-ring (bicyclic) bond motifs is 1. The van der Waals surface area contributed by atoms with Crippen LogP contribution in [0.1, 0.15) is 12.2 Å². The third-order valence-corrected chi connectivity index (χ3v) is 3.95. The molecule has 1 aliphatic heterocycles. The summed E-state index contributed by atoms with van der Waals surface area (Å²) in [5, 5.41) is 17.8. The van der Waals surface area contributed by atoms with E-state index in [0.29, 0.717) is 6.42 Å². The van der Waals surface area contributed by atoms with Crippen LogP contribution in [0.3, 0.4) is 0 Å². The van der Waals surface area contributed by atoms with Crippen molar-refractivity contribution in [1.29, 1.82) is 0 Å². The quantitative estimate of drug-likeness (QED) is 0.848. The fourth-order valence-corrected chi connectivity index (χ4v) is 2.97. The highest BCUT2D eigenvalue weighted by Gasteiger charge is 2.22. The molecule has 0 bridgehead atoms. The number of aromatic nitrogens is 3. The lowest BCUT2D eigenvalue weighted by atomic mass is 10.1. The molecule has 16 heavy (non-hydrogen) atoms. The van der Waals surface area contributed by atoms with Gasteiger partial charge in [0.1, 0.15) is 5.82 Å². The summed E-state index contributed by atoms with van der Waals surface area (Å²) in [6, 6.07) is 3.82. The van der Waals surface area contributed by atoms with Gasteiger partial charge in [-0.2, -0.15) is 0 Å². The van der Waals surface area contributed by atoms with E-state index in [1.54, 1.807) is 0 Å². The van der Waals surface area contributed by atoms with Gasteiger partial charge < -0.3 is 9.67 Å². The third kappa shape index (κ3) is 1.65. The van der Waals surface area contributed by atoms with E-state index in [9.17, 15) is 5.11 Å². The van der Waals surface area contributed by atoms with E-state index in [2.05, 4.69) is 14.8 Å². The van der Waals surface area contributed by atoms with Gasteiger partial charge >= 0.3 is 0 Å². The van der Waals surface area contributed by atoms with Crippen LogP contribution in [-0.2, 0) is 13.0 Å². The first-order valence-electron chi connectivity index (χ1n) is 5.10. The zero-order chi connectivity index (χ0) is 11.1. The lowest BCUT2D eigenvalue weighted by Crippen LogP contribution is -2.23. The Balaban J connectivity index is 2.03. The predicted molar refractivity (Wildman–Crippen MR) is 62.7 cm³/mol. The monoisotopic (exact) mass is 255 g/mol. The molecule has 0 aromatic carbocycles. The molecule has 0 saturated carbocycles. The van der Waals surface area contributed by atoms with Crippen molar-refractivity contribution in [1.82, 2.24) is 14.8 Å². The Morgan fingerprint density at radius 1 is 1.44 bits per heavy atom. The van der Waals surface area contributed by atoms with Gasteiger partial charge in [-0.15, -0.1) is 21.5 Å². The number of aliphatic hydroxyl groups is 1. The molecule has 1 unspecified atom stereocenters. The molecule has 1 N–H and O–H groups in total. The minimum Gasteiger partial charge on any atom is -0.393 e. The Labute approximate surface area is 102 Å². The summed E-state index contributed by atoms with van der Waals surface area (Å²) in [5.74, 6) is 1.72. The summed E-state index contributed by atoms with van der Waals surface area (Å²) in [5.41, 5.74) is 0. The predicted octanol–water partition coefficient (Wildman–Crippen LogP) is 1.97. The summed E-state index contributed by atoms with van der Waals surface area (Å²) >= 11 is 7.40. The van der Waals surface area contributed by atoms with Gasteiger partial charge in [-0.3, -0.25) is 0 Å². The zero-order valence-electron chi connectivity index (χ0n) is 8.43. The second-order valence-corrected chi connectivity index (χ2v) is 5.56. The van der Waals surface area contributed by atoms with Gasteiger partial charge in [-0.1, -0.05) is 11.6 Å². The molecule has 2 aromatic heterocycles. The van der Waals surface area contributed by atoms with Crippen LogP contribution in [0, 0.1) is 0 Å². The van der Waals surface area contributed by atoms with E-state index in [1.807, 2.05) is 12.1 Å². The number of halogens is 1. The molecule has 4 nitrogen and oxygen atoms in total. The minimum absolute atomic E-state index is 0.281. The summed E-state index contributed by atoms with van der Waals surface area (Å²) in [4.78, 5) is 1.03. The van der Waals surface area contributed by atoms with Crippen LogP contribution >= 0.6 is 22.9 Å². The van der Waals surface area contributed by atoms with Crippen molar-refractivity contribution in [3.8, 4) is 10.7 Å². The fraction of sp³-hybridized carbons (Fsp3) is 0.400. The van der Waals surface area contributed by atoms with Crippen molar-refractivity contribution in [2.24, 2.45) is 0 Å². The summed E-state index contributed by atoms with van der Waals surface area (Å²) in [6.07, 6.45) is 1.07. The number of hydrogen-bond acceptors (Lipinski definition) is 4. The topological polar surface area (TPSA) is 50.9 Å². The van der Waals surface area contributed by atoms with Crippen LogP contribution in [0.4, 0.5) is 0 Å². The minimum atomic E-state index is -0.281. The third-order valence-electron chi connectivity index (χ3n) is 2.73. The Morgan fingerprint density at radius 3 is 3.06 bits per heavy atom. The van der Waals surface area contributed by atoms with E-state index in [-0.39, 0.29) is 6.10 Å². The molecule has 3 heterocycles. The first-order valence-corrected chi connectivity index (χ1v) is 6.29. The van der Waals surface area contributed by atoms with E-state index in [0.717, 1.165) is 33.8 Å². The largest absolute Gasteiger partial charge is 0.393 e. The molecule has 0 saturated heterocycles. The van der Waals surface area contributed by atoms with E-state index >= 15 is 0 Å². The van der Waals surface area contributed by atoms with Crippen molar-refractivity contribution in [3.05, 3.63) is 22.3 Å². The van der Waals surface area contributed by atoms with Gasteiger partial charge in [0, 0.05) is 13.0 Å². The van der Waals surface area contributed by atoms with Crippen LogP contribution in [0.15, 0.2) is 12.1 Å². The first kappa shape index (κ1) is 10.3. The Kier molecular flexibility index (Phi) is 2.46. The van der Waals surface area contributed by atoms with Gasteiger partial charge in [0.05, 0.1) is 15.3 Å². The van der Waals surface area contributed by atoms with Crippen LogP contribution in [-0.4, -0.2) is 26.0 Å². The summed E-state index contributed by atoms with van der Waals surface area (Å²) < 4.78 is 2.82. The second-order valence-electron chi connectivity index (χ2n) is 3.84. The van der Waals surface area contributed by atoms with Gasteiger partial charge in [0.2, 0.25) is 0 Å². The van der Waals surface area contributed by atoms with E-state index in [1.165, 1.54) is 11.3 Å². The zero-order valence-corrected chi connectivity index (χ0v) is 10.0. The normalized spacial score (nSPS) is 19.8. The van der Waals surface area contributed by atoms with Crippen LogP contribution in [0.5, 0.6) is 0 Å². The number of hydrogen-bond donors (Lipinski definition) is 1. The van der Waals surface area contributed by atoms with Crippen LogP contribution in [0.25, 0.3) is 10.7 Å². The van der Waals surface area contributed by atoms with Crippen molar-refractivity contribution in [2.75, 3.05) is 0 Å². The average molecular weight is 256 g/mol. The summed E-state index contributed by atoms with van der Waals surface area (Å²) in [7, 11) is 0. The molecule has 1 aliphatic rings. The standard InChI is InChI=1S/C10H10ClN3OS/c11-8-2-1-7(16-8)10-13-12-9-5-6(15)3-4-14(9)10/h1-2,6,15H,3-5H2. The Hall–Kier alpha value is -0.910. The number of rotatable bonds is 1.